The lowest BCUT2D eigenvalue weighted by molar-refractivity contribution is 0.422. The van der Waals surface area contributed by atoms with Crippen LogP contribution in [0.1, 0.15) is 11.4 Å². The molecule has 4 rings (SSSR count). The number of nitrogens with zero attached hydrogens (tertiary/aromatic N) is 3. The first-order valence-electron chi connectivity index (χ1n) is 7.49. The summed E-state index contributed by atoms with van der Waals surface area (Å²) in [6.07, 6.45) is 2.03. The van der Waals surface area contributed by atoms with Crippen molar-refractivity contribution in [2.45, 2.75) is 13.5 Å². The zero-order chi connectivity index (χ0) is 16.5. The van der Waals surface area contributed by atoms with Crippen molar-refractivity contribution in [1.29, 1.82) is 0 Å². The van der Waals surface area contributed by atoms with Gasteiger partial charge in [-0.05, 0) is 19.1 Å². The van der Waals surface area contributed by atoms with Gasteiger partial charge in [0, 0.05) is 17.8 Å². The predicted molar refractivity (Wildman–Crippen MR) is 96.3 cm³/mol. The zero-order valence-electron chi connectivity index (χ0n) is 12.9. The standard InChI is InChI=1S/C18H14ClN3OS/c1-12-10-22(18(20-12)13-5-3-2-4-6-13)11-14-9-15(23-21-14)16-7-8-17(19)24-16/h2-10H,11H2,1H3. The highest BCUT2D eigenvalue weighted by Gasteiger charge is 2.13. The minimum absolute atomic E-state index is 0.605. The topological polar surface area (TPSA) is 43.9 Å². The Morgan fingerprint density at radius 1 is 1.17 bits per heavy atom. The van der Waals surface area contributed by atoms with Gasteiger partial charge in [-0.3, -0.25) is 0 Å². The third-order valence-corrected chi connectivity index (χ3v) is 4.88. The molecule has 120 valence electrons. The highest BCUT2D eigenvalue weighted by Crippen LogP contribution is 2.31. The van der Waals surface area contributed by atoms with E-state index >= 15 is 0 Å². The maximum Gasteiger partial charge on any atom is 0.177 e. The van der Waals surface area contributed by atoms with Gasteiger partial charge in [-0.2, -0.15) is 0 Å². The normalized spacial score (nSPS) is 11.1. The molecule has 0 fully saturated rings. The molecule has 0 amide bonds. The summed E-state index contributed by atoms with van der Waals surface area (Å²) in [6, 6.07) is 15.9. The molecule has 0 atom stereocenters. The Labute approximate surface area is 148 Å². The van der Waals surface area contributed by atoms with Crippen LogP contribution in [-0.4, -0.2) is 14.7 Å². The van der Waals surface area contributed by atoms with Gasteiger partial charge in [-0.15, -0.1) is 11.3 Å². The van der Waals surface area contributed by atoms with E-state index in [2.05, 4.69) is 26.8 Å². The van der Waals surface area contributed by atoms with Gasteiger partial charge in [0.15, 0.2) is 5.76 Å². The van der Waals surface area contributed by atoms with Gasteiger partial charge in [-0.25, -0.2) is 4.98 Å². The molecule has 0 aliphatic rings. The van der Waals surface area contributed by atoms with Crippen molar-refractivity contribution in [3.63, 3.8) is 0 Å². The molecule has 0 N–H and O–H groups in total. The number of imidazole rings is 1. The number of hydrogen-bond donors (Lipinski definition) is 0. The Hall–Kier alpha value is -2.37. The Kier molecular flexibility index (Phi) is 3.96. The van der Waals surface area contributed by atoms with Crippen LogP contribution in [0.3, 0.4) is 0 Å². The predicted octanol–water partition coefficient (Wildman–Crippen LogP) is 5.28. The minimum Gasteiger partial charge on any atom is -0.355 e. The van der Waals surface area contributed by atoms with Crippen molar-refractivity contribution in [3.8, 4) is 22.0 Å². The molecule has 6 heteroatoms. The lowest BCUT2D eigenvalue weighted by Gasteiger charge is -2.05. The second-order valence-electron chi connectivity index (χ2n) is 5.49. The molecule has 0 bridgehead atoms. The molecule has 3 aromatic heterocycles. The van der Waals surface area contributed by atoms with Crippen LogP contribution < -0.4 is 0 Å². The van der Waals surface area contributed by atoms with Crippen molar-refractivity contribution >= 4 is 22.9 Å². The summed E-state index contributed by atoms with van der Waals surface area (Å²) in [5, 5.41) is 4.18. The molecule has 0 saturated heterocycles. The fourth-order valence-electron chi connectivity index (χ4n) is 2.61. The Balaban J connectivity index is 1.64. The fraction of sp³-hybridized carbons (Fsp3) is 0.111. The van der Waals surface area contributed by atoms with E-state index in [0.29, 0.717) is 6.54 Å². The number of halogens is 1. The van der Waals surface area contributed by atoms with Gasteiger partial charge in [0.25, 0.3) is 0 Å². The first kappa shape index (κ1) is 15.2. The van der Waals surface area contributed by atoms with Gasteiger partial charge in [0.05, 0.1) is 21.5 Å². The number of rotatable bonds is 4. The quantitative estimate of drug-likeness (QED) is 0.500. The van der Waals surface area contributed by atoms with Crippen LogP contribution in [0.25, 0.3) is 22.0 Å². The van der Waals surface area contributed by atoms with E-state index in [9.17, 15) is 0 Å². The van der Waals surface area contributed by atoms with Crippen LogP contribution in [-0.2, 0) is 6.54 Å². The largest absolute Gasteiger partial charge is 0.355 e. The summed E-state index contributed by atoms with van der Waals surface area (Å²) in [4.78, 5) is 5.61. The van der Waals surface area contributed by atoms with E-state index in [1.54, 1.807) is 0 Å². The lowest BCUT2D eigenvalue weighted by Crippen LogP contribution is -2.01. The maximum atomic E-state index is 5.98. The van der Waals surface area contributed by atoms with E-state index in [0.717, 1.165) is 37.7 Å². The highest BCUT2D eigenvalue weighted by molar-refractivity contribution is 7.19. The second-order valence-corrected chi connectivity index (χ2v) is 7.20. The smallest absolute Gasteiger partial charge is 0.177 e. The van der Waals surface area contributed by atoms with Crippen LogP contribution in [0.2, 0.25) is 4.34 Å². The van der Waals surface area contributed by atoms with Crippen molar-refractivity contribution in [1.82, 2.24) is 14.7 Å². The van der Waals surface area contributed by atoms with Gasteiger partial charge in [-0.1, -0.05) is 47.1 Å². The van der Waals surface area contributed by atoms with Crippen LogP contribution in [0, 0.1) is 6.92 Å². The number of benzene rings is 1. The first-order chi connectivity index (χ1) is 11.7. The number of hydrogen-bond acceptors (Lipinski definition) is 4. The average molecular weight is 356 g/mol. The van der Waals surface area contributed by atoms with E-state index < -0.39 is 0 Å². The number of aryl methyl sites for hydroxylation is 1. The van der Waals surface area contributed by atoms with Gasteiger partial charge in [0.1, 0.15) is 11.5 Å². The summed E-state index contributed by atoms with van der Waals surface area (Å²) in [6.45, 7) is 2.60. The van der Waals surface area contributed by atoms with E-state index in [1.165, 1.54) is 11.3 Å². The second kappa shape index (κ2) is 6.26. The lowest BCUT2D eigenvalue weighted by atomic mass is 10.2. The van der Waals surface area contributed by atoms with Crippen molar-refractivity contribution in [3.05, 3.63) is 70.5 Å². The van der Waals surface area contributed by atoms with E-state index in [1.807, 2.05) is 49.5 Å². The minimum atomic E-state index is 0.605. The van der Waals surface area contributed by atoms with Gasteiger partial charge < -0.3 is 9.09 Å². The van der Waals surface area contributed by atoms with E-state index in [4.69, 9.17) is 16.1 Å². The van der Waals surface area contributed by atoms with Crippen LogP contribution in [0.4, 0.5) is 0 Å². The SMILES string of the molecule is Cc1cn(Cc2cc(-c3ccc(Cl)s3)on2)c(-c2ccccc2)n1. The molecule has 4 nitrogen and oxygen atoms in total. The van der Waals surface area contributed by atoms with Gasteiger partial charge >= 0.3 is 0 Å². The first-order valence-corrected chi connectivity index (χ1v) is 8.69. The molecule has 0 spiro atoms. The molecular formula is C18H14ClN3OS. The average Bonchev–Trinajstić information content (AvgIpc) is 3.29. The molecule has 4 aromatic rings. The van der Waals surface area contributed by atoms with Gasteiger partial charge in [0.2, 0.25) is 0 Å². The molecule has 1 aromatic carbocycles. The summed E-state index contributed by atoms with van der Waals surface area (Å²) in [7, 11) is 0. The van der Waals surface area contributed by atoms with Crippen molar-refractivity contribution in [2.75, 3.05) is 0 Å². The Bertz CT molecular complexity index is 971. The number of aromatic nitrogens is 3. The summed E-state index contributed by atoms with van der Waals surface area (Å²) >= 11 is 7.46. The molecule has 0 aliphatic carbocycles. The summed E-state index contributed by atoms with van der Waals surface area (Å²) in [5.41, 5.74) is 2.91. The van der Waals surface area contributed by atoms with Crippen LogP contribution >= 0.6 is 22.9 Å². The monoisotopic (exact) mass is 355 g/mol. The third kappa shape index (κ3) is 3.00. The Morgan fingerprint density at radius 2 is 2.00 bits per heavy atom. The molecule has 0 aliphatic heterocycles. The fourth-order valence-corrected chi connectivity index (χ4v) is 3.60. The van der Waals surface area contributed by atoms with E-state index in [-0.39, 0.29) is 0 Å². The summed E-state index contributed by atoms with van der Waals surface area (Å²) < 4.78 is 8.28. The molecule has 24 heavy (non-hydrogen) atoms. The molecule has 0 radical (unpaired) electrons. The highest BCUT2D eigenvalue weighted by atomic mass is 35.5. The van der Waals surface area contributed by atoms with Crippen LogP contribution in [0.15, 0.2) is 59.3 Å². The zero-order valence-corrected chi connectivity index (χ0v) is 14.5. The molecular weight excluding hydrogens is 342 g/mol. The molecule has 3 heterocycles. The molecule has 0 saturated carbocycles. The summed E-state index contributed by atoms with van der Waals surface area (Å²) in [5.74, 6) is 1.66. The van der Waals surface area contributed by atoms with Crippen molar-refractivity contribution in [2.24, 2.45) is 0 Å². The van der Waals surface area contributed by atoms with Crippen molar-refractivity contribution < 1.29 is 4.52 Å². The number of thiophene rings is 1. The van der Waals surface area contributed by atoms with Crippen LogP contribution in [0.5, 0.6) is 0 Å². The third-order valence-electron chi connectivity index (χ3n) is 3.64. The maximum absolute atomic E-state index is 5.98. The Morgan fingerprint density at radius 3 is 2.75 bits per heavy atom. The molecule has 0 unspecified atom stereocenters.